The van der Waals surface area contributed by atoms with E-state index in [1.54, 1.807) is 6.07 Å². The molecule has 1 heterocycles. The normalized spacial score (nSPS) is 16.8. The molecule has 2 nitrogen and oxygen atoms in total. The Kier molecular flexibility index (Phi) is 3.44. The molecule has 0 spiro atoms. The summed E-state index contributed by atoms with van der Waals surface area (Å²) in [7, 11) is -1.72. The van der Waals surface area contributed by atoms with Crippen molar-refractivity contribution in [3.05, 3.63) is 18.2 Å². The van der Waals surface area contributed by atoms with E-state index in [-0.39, 0.29) is 30.4 Å². The minimum atomic E-state index is -3.54. The van der Waals surface area contributed by atoms with Crippen LogP contribution in [0.1, 0.15) is 0 Å². The molecule has 0 N–H and O–H groups in total. The van der Waals surface area contributed by atoms with E-state index in [1.807, 2.05) is 0 Å². The fourth-order valence-electron chi connectivity index (χ4n) is 1.47. The van der Waals surface area contributed by atoms with Crippen LogP contribution in [-0.2, 0) is 0 Å². The molecule has 0 amide bonds. The van der Waals surface area contributed by atoms with Crippen molar-refractivity contribution < 1.29 is 37.1 Å². The zero-order valence-corrected chi connectivity index (χ0v) is 10.7. The van der Waals surface area contributed by atoms with Crippen molar-refractivity contribution in [2.45, 2.75) is 25.9 Å². The summed E-state index contributed by atoms with van der Waals surface area (Å²) in [5.74, 6) is 0.262. The van der Waals surface area contributed by atoms with Gasteiger partial charge in [0.1, 0.15) is 0 Å². The van der Waals surface area contributed by atoms with Gasteiger partial charge >= 0.3 is 25.2 Å². The van der Waals surface area contributed by atoms with Gasteiger partial charge in [0.2, 0.25) is 0 Å². The largest absolute Gasteiger partial charge is 1.00 e. The van der Waals surface area contributed by atoms with Gasteiger partial charge in [-0.05, 0) is 0 Å². The third-order valence-corrected chi connectivity index (χ3v) is 4.16. The maximum absolute atomic E-state index is 12.9. The summed E-state index contributed by atoms with van der Waals surface area (Å²) in [6, 6.07) is 5.88. The zero-order chi connectivity index (χ0) is 11.3. The number of hydrogen-bond donors (Lipinski definition) is 0. The van der Waals surface area contributed by atoms with Crippen molar-refractivity contribution >= 4 is 13.3 Å². The maximum atomic E-state index is 12.9. The van der Waals surface area contributed by atoms with Gasteiger partial charge in [-0.1, -0.05) is 19.6 Å². The van der Waals surface area contributed by atoms with E-state index < -0.39 is 14.4 Å². The Morgan fingerprint density at radius 2 is 1.81 bits per heavy atom. The maximum Gasteiger partial charge on any atom is 1.00 e. The number of halogens is 2. The fraction of sp³-hybridized carbons (Fsp3) is 0.400. The fourth-order valence-corrected chi connectivity index (χ4v) is 2.84. The smallest absolute Gasteiger partial charge is 0.460 e. The number of hydrogen-bond acceptors (Lipinski definition) is 2. The van der Waals surface area contributed by atoms with Gasteiger partial charge in [0.15, 0.2) is 0 Å². The summed E-state index contributed by atoms with van der Waals surface area (Å²) in [5, 5.41) is 0.803. The summed E-state index contributed by atoms with van der Waals surface area (Å²) in [6.07, 6.45) is -3.54. The van der Waals surface area contributed by atoms with E-state index in [0.29, 0.717) is 0 Å². The van der Waals surface area contributed by atoms with E-state index in [1.165, 1.54) is 6.07 Å². The first-order valence-electron chi connectivity index (χ1n) is 4.60. The molecular formula is C10H11F2LiO2Si. The van der Waals surface area contributed by atoms with Crippen molar-refractivity contribution in [2.75, 3.05) is 0 Å². The van der Waals surface area contributed by atoms with Gasteiger partial charge in [0.05, 0.1) is 11.5 Å². The second-order valence-electron chi connectivity index (χ2n) is 4.48. The Morgan fingerprint density at radius 1 is 1.19 bits per heavy atom. The van der Waals surface area contributed by atoms with Gasteiger partial charge in [0, 0.05) is 8.07 Å². The number of rotatable bonds is 1. The Hall–Kier alpha value is -0.506. The van der Waals surface area contributed by atoms with Crippen molar-refractivity contribution in [1.29, 1.82) is 0 Å². The molecule has 1 aliphatic heterocycles. The van der Waals surface area contributed by atoms with Crippen LogP contribution in [-0.4, -0.2) is 14.4 Å². The zero-order valence-electron chi connectivity index (χ0n) is 9.73. The quantitative estimate of drug-likeness (QED) is 0.477. The van der Waals surface area contributed by atoms with Crippen LogP contribution in [0.2, 0.25) is 19.6 Å². The average Bonchev–Trinajstić information content (AvgIpc) is 2.35. The first-order valence-corrected chi connectivity index (χ1v) is 8.10. The number of fused-ring (bicyclic) bond motifs is 1. The van der Waals surface area contributed by atoms with E-state index >= 15 is 0 Å². The average molecular weight is 236 g/mol. The van der Waals surface area contributed by atoms with Crippen molar-refractivity contribution in [3.8, 4) is 11.5 Å². The molecule has 16 heavy (non-hydrogen) atoms. The predicted octanol–water partition coefficient (Wildman–Crippen LogP) is -0.643. The van der Waals surface area contributed by atoms with E-state index in [0.717, 1.165) is 5.19 Å². The molecule has 0 radical (unpaired) electrons. The first-order chi connectivity index (χ1) is 6.80. The van der Waals surface area contributed by atoms with Crippen molar-refractivity contribution in [2.24, 2.45) is 0 Å². The number of alkyl halides is 2. The van der Waals surface area contributed by atoms with Crippen LogP contribution in [0.25, 0.3) is 0 Å². The third-order valence-electron chi connectivity index (χ3n) is 2.17. The van der Waals surface area contributed by atoms with Crippen molar-refractivity contribution in [1.82, 2.24) is 0 Å². The van der Waals surface area contributed by atoms with Crippen LogP contribution in [0.15, 0.2) is 12.1 Å². The monoisotopic (exact) mass is 236 g/mol. The van der Waals surface area contributed by atoms with E-state index in [9.17, 15) is 8.78 Å². The van der Waals surface area contributed by atoms with Gasteiger partial charge in [0.25, 0.3) is 0 Å². The molecule has 0 saturated heterocycles. The molecule has 0 fully saturated rings. The molecule has 0 atom stereocenters. The Morgan fingerprint density at radius 3 is 2.38 bits per heavy atom. The van der Waals surface area contributed by atoms with Crippen LogP contribution in [0.3, 0.4) is 0 Å². The van der Waals surface area contributed by atoms with Gasteiger partial charge in [-0.3, -0.25) is 0 Å². The molecule has 6 heteroatoms. The van der Waals surface area contributed by atoms with Crippen LogP contribution in [0.5, 0.6) is 11.5 Å². The Labute approximate surface area is 106 Å². The van der Waals surface area contributed by atoms with Crippen LogP contribution < -0.4 is 33.5 Å². The summed E-state index contributed by atoms with van der Waals surface area (Å²) in [6.45, 7) is 6.16. The molecule has 0 saturated carbocycles. The van der Waals surface area contributed by atoms with Crippen LogP contribution >= 0.6 is 0 Å². The minimum absolute atomic E-state index is 0. The molecule has 2 rings (SSSR count). The van der Waals surface area contributed by atoms with Gasteiger partial charge in [-0.2, -0.15) is 12.1 Å². The number of benzene rings is 1. The van der Waals surface area contributed by atoms with Gasteiger partial charge in [-0.25, -0.2) is 0 Å². The predicted molar refractivity (Wildman–Crippen MR) is 54.5 cm³/mol. The molecule has 0 aromatic heterocycles. The SMILES string of the molecule is C[Si](C)(C)c1c[c-]cc2c1OC(F)(F)O2.[Li+]. The Balaban J connectivity index is 0.00000128. The topological polar surface area (TPSA) is 18.5 Å². The minimum Gasteiger partial charge on any atom is -0.460 e. The van der Waals surface area contributed by atoms with Gasteiger partial charge in [-0.15, -0.1) is 20.0 Å². The molecule has 1 aliphatic rings. The van der Waals surface area contributed by atoms with Crippen molar-refractivity contribution in [3.63, 3.8) is 0 Å². The molecule has 0 aliphatic carbocycles. The van der Waals surface area contributed by atoms with Gasteiger partial charge < -0.3 is 9.47 Å². The summed E-state index contributed by atoms with van der Waals surface area (Å²) >= 11 is 0. The first kappa shape index (κ1) is 13.6. The van der Waals surface area contributed by atoms with Crippen LogP contribution in [0, 0.1) is 6.07 Å². The third kappa shape index (κ3) is 2.42. The molecule has 1 aromatic rings. The summed E-state index contributed by atoms with van der Waals surface area (Å²) in [4.78, 5) is 0. The molecular weight excluding hydrogens is 225 g/mol. The molecule has 0 unspecified atom stereocenters. The summed E-state index contributed by atoms with van der Waals surface area (Å²) in [5.41, 5.74) is 0. The standard InChI is InChI=1S/C10H11F2O2Si.Li/c1-15(2,3)8-6-4-5-7-9(8)14-10(11,12)13-7;/h5-6H,1-3H3;/q-1;+1. The molecule has 82 valence electrons. The Bertz CT molecular complexity index is 404. The van der Waals surface area contributed by atoms with E-state index in [4.69, 9.17) is 0 Å². The summed E-state index contributed by atoms with van der Waals surface area (Å²) < 4.78 is 34.6. The van der Waals surface area contributed by atoms with Crippen LogP contribution in [0.4, 0.5) is 8.78 Å². The number of ether oxygens (including phenoxy) is 2. The molecule has 0 bridgehead atoms. The second-order valence-corrected chi connectivity index (χ2v) is 9.52. The molecule has 1 aromatic carbocycles. The second kappa shape index (κ2) is 4.06. The van der Waals surface area contributed by atoms with E-state index in [2.05, 4.69) is 35.2 Å².